The highest BCUT2D eigenvalue weighted by atomic mass is 16.2. The van der Waals surface area contributed by atoms with Crippen molar-refractivity contribution in [2.24, 2.45) is 0 Å². The minimum Gasteiger partial charge on any atom is -0.350 e. The molecule has 2 rings (SSSR count). The maximum absolute atomic E-state index is 12.0. The van der Waals surface area contributed by atoms with Crippen LogP contribution in [0.15, 0.2) is 30.3 Å². The first-order valence-corrected chi connectivity index (χ1v) is 8.00. The van der Waals surface area contributed by atoms with Gasteiger partial charge in [-0.3, -0.25) is 9.59 Å². The lowest BCUT2D eigenvalue weighted by molar-refractivity contribution is -0.117. The first kappa shape index (κ1) is 16.3. The molecule has 1 aliphatic rings. The predicted octanol–water partition coefficient (Wildman–Crippen LogP) is 3.50. The molecule has 0 heterocycles. The van der Waals surface area contributed by atoms with Gasteiger partial charge in [-0.15, -0.1) is 0 Å². The lowest BCUT2D eigenvalue weighted by Gasteiger charge is -2.14. The number of rotatable bonds is 4. The Morgan fingerprint density at radius 2 is 1.68 bits per heavy atom. The van der Waals surface area contributed by atoms with Gasteiger partial charge in [-0.05, 0) is 36.6 Å². The van der Waals surface area contributed by atoms with E-state index in [2.05, 4.69) is 10.6 Å². The molecule has 0 spiro atoms. The quantitative estimate of drug-likeness (QED) is 0.660. The molecular formula is C18H24N2O2. The molecule has 1 aliphatic carbocycles. The normalized spacial score (nSPS) is 16.2. The number of nitrogens with one attached hydrogen (secondary N) is 2. The summed E-state index contributed by atoms with van der Waals surface area (Å²) in [6.07, 6.45) is 10.5. The second-order valence-electron chi connectivity index (χ2n) is 5.83. The zero-order valence-corrected chi connectivity index (χ0v) is 13.1. The van der Waals surface area contributed by atoms with Gasteiger partial charge in [0, 0.05) is 24.7 Å². The summed E-state index contributed by atoms with van der Waals surface area (Å²) in [5.74, 6) is -0.121. The van der Waals surface area contributed by atoms with Gasteiger partial charge in [0.15, 0.2) is 0 Å². The van der Waals surface area contributed by atoms with Crippen molar-refractivity contribution >= 4 is 23.6 Å². The van der Waals surface area contributed by atoms with Gasteiger partial charge in [0.2, 0.25) is 11.8 Å². The van der Waals surface area contributed by atoms with Crippen molar-refractivity contribution < 1.29 is 9.59 Å². The third-order valence-electron chi connectivity index (χ3n) is 3.86. The highest BCUT2D eigenvalue weighted by Gasteiger charge is 2.12. The van der Waals surface area contributed by atoms with Crippen LogP contribution in [0.5, 0.6) is 0 Å². The SMILES string of the molecule is CC(=O)Nc1ccc(/C=C/C(=O)NC2CCCCCC2)cc1. The fourth-order valence-electron chi connectivity index (χ4n) is 2.73. The summed E-state index contributed by atoms with van der Waals surface area (Å²) in [6, 6.07) is 7.72. The smallest absolute Gasteiger partial charge is 0.244 e. The fraction of sp³-hybridized carbons (Fsp3) is 0.444. The topological polar surface area (TPSA) is 58.2 Å². The average Bonchev–Trinajstić information content (AvgIpc) is 2.74. The van der Waals surface area contributed by atoms with Gasteiger partial charge in [-0.1, -0.05) is 37.8 Å². The van der Waals surface area contributed by atoms with Gasteiger partial charge in [-0.25, -0.2) is 0 Å². The Balaban J connectivity index is 1.84. The molecule has 22 heavy (non-hydrogen) atoms. The molecule has 0 aromatic heterocycles. The highest BCUT2D eigenvalue weighted by Crippen LogP contribution is 2.17. The summed E-state index contributed by atoms with van der Waals surface area (Å²) in [5, 5.41) is 5.80. The first-order valence-electron chi connectivity index (χ1n) is 8.00. The summed E-state index contributed by atoms with van der Waals surface area (Å²) in [6.45, 7) is 1.48. The summed E-state index contributed by atoms with van der Waals surface area (Å²) in [7, 11) is 0. The first-order chi connectivity index (χ1) is 10.6. The van der Waals surface area contributed by atoms with Crippen molar-refractivity contribution in [3.05, 3.63) is 35.9 Å². The van der Waals surface area contributed by atoms with Crippen LogP contribution in [0.4, 0.5) is 5.69 Å². The summed E-state index contributed by atoms with van der Waals surface area (Å²) < 4.78 is 0. The van der Waals surface area contributed by atoms with Crippen molar-refractivity contribution in [1.82, 2.24) is 5.32 Å². The van der Waals surface area contributed by atoms with Crippen LogP contribution in [-0.2, 0) is 9.59 Å². The van der Waals surface area contributed by atoms with Gasteiger partial charge in [0.05, 0.1) is 0 Å². The van der Waals surface area contributed by atoms with Crippen molar-refractivity contribution in [3.63, 3.8) is 0 Å². The van der Waals surface area contributed by atoms with Crippen LogP contribution < -0.4 is 10.6 Å². The zero-order valence-electron chi connectivity index (χ0n) is 13.1. The van der Waals surface area contributed by atoms with E-state index in [0.717, 1.165) is 24.1 Å². The number of amides is 2. The fourth-order valence-corrected chi connectivity index (χ4v) is 2.73. The van der Waals surface area contributed by atoms with Crippen LogP contribution in [0.2, 0.25) is 0 Å². The number of hydrogen-bond donors (Lipinski definition) is 2. The molecule has 0 aliphatic heterocycles. The zero-order chi connectivity index (χ0) is 15.8. The van der Waals surface area contributed by atoms with E-state index in [0.29, 0.717) is 6.04 Å². The molecule has 0 radical (unpaired) electrons. The Morgan fingerprint density at radius 1 is 1.05 bits per heavy atom. The van der Waals surface area contributed by atoms with Crippen molar-refractivity contribution in [1.29, 1.82) is 0 Å². The minimum absolute atomic E-state index is 0.0298. The standard InChI is InChI=1S/C18H24N2O2/c1-14(21)19-17-11-8-15(9-12-17)10-13-18(22)20-16-6-4-2-3-5-7-16/h8-13,16H,2-7H2,1H3,(H,19,21)(H,20,22)/b13-10+. The molecule has 0 unspecified atom stereocenters. The third-order valence-corrected chi connectivity index (χ3v) is 3.86. The molecule has 1 saturated carbocycles. The molecule has 0 atom stereocenters. The van der Waals surface area contributed by atoms with Crippen LogP contribution in [0.1, 0.15) is 51.0 Å². The lowest BCUT2D eigenvalue weighted by atomic mass is 10.1. The van der Waals surface area contributed by atoms with Crippen molar-refractivity contribution in [2.45, 2.75) is 51.5 Å². The summed E-state index contributed by atoms with van der Waals surface area (Å²) in [5.41, 5.74) is 1.69. The molecule has 1 aromatic carbocycles. The van der Waals surface area contributed by atoms with Gasteiger partial charge in [-0.2, -0.15) is 0 Å². The molecule has 4 heteroatoms. The molecule has 1 fully saturated rings. The summed E-state index contributed by atoms with van der Waals surface area (Å²) >= 11 is 0. The number of hydrogen-bond acceptors (Lipinski definition) is 2. The third kappa shape index (κ3) is 5.72. The number of anilines is 1. The van der Waals surface area contributed by atoms with Crippen molar-refractivity contribution in [3.8, 4) is 0 Å². The number of benzene rings is 1. The number of carbonyl (C=O) groups excluding carboxylic acids is 2. The lowest BCUT2D eigenvalue weighted by Crippen LogP contribution is -2.33. The van der Waals surface area contributed by atoms with Gasteiger partial charge in [0.25, 0.3) is 0 Å². The molecule has 1 aromatic rings. The van der Waals surface area contributed by atoms with E-state index < -0.39 is 0 Å². The Morgan fingerprint density at radius 3 is 2.27 bits per heavy atom. The van der Waals surface area contributed by atoms with E-state index in [1.807, 2.05) is 24.3 Å². The van der Waals surface area contributed by atoms with E-state index in [-0.39, 0.29) is 11.8 Å². The monoisotopic (exact) mass is 300 g/mol. The second-order valence-corrected chi connectivity index (χ2v) is 5.83. The van der Waals surface area contributed by atoms with Crippen LogP contribution in [-0.4, -0.2) is 17.9 Å². The Bertz CT molecular complexity index is 527. The Kier molecular flexibility index (Phi) is 6.19. The highest BCUT2D eigenvalue weighted by molar-refractivity contribution is 5.92. The molecule has 2 amide bonds. The minimum atomic E-state index is -0.0916. The van der Waals surface area contributed by atoms with Crippen LogP contribution in [0.3, 0.4) is 0 Å². The molecule has 2 N–H and O–H groups in total. The average molecular weight is 300 g/mol. The van der Waals surface area contributed by atoms with Crippen LogP contribution in [0, 0.1) is 0 Å². The maximum Gasteiger partial charge on any atom is 0.244 e. The van der Waals surface area contributed by atoms with E-state index in [1.54, 1.807) is 12.2 Å². The van der Waals surface area contributed by atoms with Crippen molar-refractivity contribution in [2.75, 3.05) is 5.32 Å². The van der Waals surface area contributed by atoms with E-state index in [1.165, 1.54) is 32.6 Å². The van der Waals surface area contributed by atoms with E-state index >= 15 is 0 Å². The Hall–Kier alpha value is -2.10. The summed E-state index contributed by atoms with van der Waals surface area (Å²) in [4.78, 5) is 22.9. The molecule has 4 nitrogen and oxygen atoms in total. The largest absolute Gasteiger partial charge is 0.350 e. The molecule has 0 saturated heterocycles. The van der Waals surface area contributed by atoms with Gasteiger partial charge < -0.3 is 10.6 Å². The van der Waals surface area contributed by atoms with Crippen LogP contribution >= 0.6 is 0 Å². The van der Waals surface area contributed by atoms with E-state index in [4.69, 9.17) is 0 Å². The Labute approximate surface area is 132 Å². The second kappa shape index (κ2) is 8.37. The van der Waals surface area contributed by atoms with Gasteiger partial charge >= 0.3 is 0 Å². The number of carbonyl (C=O) groups is 2. The predicted molar refractivity (Wildman–Crippen MR) is 89.4 cm³/mol. The molecule has 0 bridgehead atoms. The maximum atomic E-state index is 12.0. The van der Waals surface area contributed by atoms with Gasteiger partial charge in [0.1, 0.15) is 0 Å². The molecular weight excluding hydrogens is 276 g/mol. The van der Waals surface area contributed by atoms with E-state index in [9.17, 15) is 9.59 Å². The van der Waals surface area contributed by atoms with Crippen LogP contribution in [0.25, 0.3) is 6.08 Å². The molecule has 118 valence electrons.